The van der Waals surface area contributed by atoms with E-state index in [-0.39, 0.29) is 0 Å². The minimum Gasteiger partial charge on any atom is -0.357 e. The highest BCUT2D eigenvalue weighted by molar-refractivity contribution is 5.79. The van der Waals surface area contributed by atoms with Crippen LogP contribution in [0, 0.1) is 0 Å². The molecule has 0 unspecified atom stereocenters. The molecule has 0 saturated heterocycles. The maximum atomic E-state index is 4.77. The van der Waals surface area contributed by atoms with Crippen LogP contribution in [0.25, 0.3) is 0 Å². The van der Waals surface area contributed by atoms with Crippen LogP contribution in [-0.4, -0.2) is 34.2 Å². The fourth-order valence-corrected chi connectivity index (χ4v) is 2.71. The molecule has 0 amide bonds. The molecule has 0 spiro atoms. The summed E-state index contributed by atoms with van der Waals surface area (Å²) < 4.78 is 1.90. The lowest BCUT2D eigenvalue weighted by atomic mass is 10.1. The molecule has 0 atom stereocenters. The van der Waals surface area contributed by atoms with Gasteiger partial charge >= 0.3 is 0 Å². The third-order valence-electron chi connectivity index (χ3n) is 3.84. The third kappa shape index (κ3) is 4.85. The number of guanidine groups is 1. The van der Waals surface area contributed by atoms with Crippen molar-refractivity contribution in [2.75, 3.05) is 13.6 Å². The van der Waals surface area contributed by atoms with Gasteiger partial charge in [0, 0.05) is 38.9 Å². The average molecular weight is 327 g/mol. The first-order valence-corrected chi connectivity index (χ1v) is 8.57. The number of aryl methyl sites for hydroxylation is 1. The highest BCUT2D eigenvalue weighted by atomic mass is 15.3. The van der Waals surface area contributed by atoms with Gasteiger partial charge in [-0.25, -0.2) is 4.99 Å². The summed E-state index contributed by atoms with van der Waals surface area (Å²) in [6, 6.07) is 10.3. The van der Waals surface area contributed by atoms with E-state index in [0.29, 0.717) is 12.5 Å². The number of nitrogens with one attached hydrogen (secondary N) is 1. The van der Waals surface area contributed by atoms with Gasteiger partial charge in [-0.2, -0.15) is 5.10 Å². The van der Waals surface area contributed by atoms with E-state index in [1.807, 2.05) is 29.9 Å². The van der Waals surface area contributed by atoms with Gasteiger partial charge in [0.25, 0.3) is 0 Å². The monoisotopic (exact) mass is 327 g/mol. The van der Waals surface area contributed by atoms with Gasteiger partial charge in [-0.1, -0.05) is 44.2 Å². The van der Waals surface area contributed by atoms with E-state index < -0.39 is 0 Å². The summed E-state index contributed by atoms with van der Waals surface area (Å²) in [7, 11) is 4.05. The molecule has 1 aromatic heterocycles. The van der Waals surface area contributed by atoms with Crippen LogP contribution in [0.5, 0.6) is 0 Å². The van der Waals surface area contributed by atoms with Gasteiger partial charge in [-0.15, -0.1) is 0 Å². The molecule has 24 heavy (non-hydrogen) atoms. The Labute approximate surface area is 145 Å². The van der Waals surface area contributed by atoms with Gasteiger partial charge in [0.05, 0.1) is 12.2 Å². The van der Waals surface area contributed by atoms with Crippen LogP contribution in [0.2, 0.25) is 0 Å². The summed E-state index contributed by atoms with van der Waals surface area (Å²) in [4.78, 5) is 6.93. The topological polar surface area (TPSA) is 45.5 Å². The van der Waals surface area contributed by atoms with Crippen molar-refractivity contribution in [2.24, 2.45) is 12.0 Å². The van der Waals surface area contributed by atoms with Gasteiger partial charge in [-0.05, 0) is 18.4 Å². The van der Waals surface area contributed by atoms with Crippen LogP contribution >= 0.6 is 0 Å². The Morgan fingerprint density at radius 1 is 1.29 bits per heavy atom. The second-order valence-electron chi connectivity index (χ2n) is 6.38. The normalized spacial score (nSPS) is 11.8. The standard InChI is InChI=1S/C19H29N5/c1-6-20-19(21-12-16-10-8-7-9-11-16)23(4)13-17-14-24(5)22-18(17)15(2)3/h7-11,14-15H,6,12-13H2,1-5H3,(H,20,21). The van der Waals surface area contributed by atoms with Crippen molar-refractivity contribution in [3.05, 3.63) is 53.3 Å². The first-order valence-electron chi connectivity index (χ1n) is 8.57. The molecule has 0 radical (unpaired) electrons. The summed E-state index contributed by atoms with van der Waals surface area (Å²) >= 11 is 0. The Hall–Kier alpha value is -2.30. The van der Waals surface area contributed by atoms with Crippen molar-refractivity contribution >= 4 is 5.96 Å². The Kier molecular flexibility index (Phi) is 6.41. The molecule has 2 aromatic rings. The van der Waals surface area contributed by atoms with Crippen molar-refractivity contribution in [3.8, 4) is 0 Å². The quantitative estimate of drug-likeness (QED) is 0.655. The van der Waals surface area contributed by atoms with Crippen molar-refractivity contribution in [2.45, 2.75) is 39.8 Å². The average Bonchev–Trinajstić information content (AvgIpc) is 2.93. The number of aromatic nitrogens is 2. The van der Waals surface area contributed by atoms with Crippen LogP contribution in [0.15, 0.2) is 41.5 Å². The second kappa shape index (κ2) is 8.52. The molecule has 5 heteroatoms. The lowest BCUT2D eigenvalue weighted by molar-refractivity contribution is 0.473. The number of aliphatic imine (C=N–C) groups is 1. The summed E-state index contributed by atoms with van der Waals surface area (Å²) in [5, 5.41) is 7.97. The lowest BCUT2D eigenvalue weighted by Crippen LogP contribution is -2.38. The second-order valence-corrected chi connectivity index (χ2v) is 6.38. The zero-order valence-corrected chi connectivity index (χ0v) is 15.5. The van der Waals surface area contributed by atoms with Crippen LogP contribution < -0.4 is 5.32 Å². The van der Waals surface area contributed by atoms with Crippen LogP contribution in [0.1, 0.15) is 43.5 Å². The molecule has 130 valence electrons. The first-order chi connectivity index (χ1) is 11.5. The number of hydrogen-bond donors (Lipinski definition) is 1. The highest BCUT2D eigenvalue weighted by Gasteiger charge is 2.15. The van der Waals surface area contributed by atoms with Gasteiger partial charge in [-0.3, -0.25) is 4.68 Å². The van der Waals surface area contributed by atoms with Gasteiger partial charge in [0.1, 0.15) is 0 Å². The number of rotatable bonds is 6. The van der Waals surface area contributed by atoms with E-state index in [1.54, 1.807) is 0 Å². The Morgan fingerprint density at radius 3 is 2.62 bits per heavy atom. The Balaban J connectivity index is 2.12. The molecule has 0 saturated carbocycles. The summed E-state index contributed by atoms with van der Waals surface area (Å²) in [5.74, 6) is 1.33. The van der Waals surface area contributed by atoms with Crippen molar-refractivity contribution in [1.29, 1.82) is 0 Å². The van der Waals surface area contributed by atoms with Crippen molar-refractivity contribution < 1.29 is 0 Å². The molecule has 5 nitrogen and oxygen atoms in total. The molecule has 1 heterocycles. The Bertz CT molecular complexity index is 658. The zero-order valence-electron chi connectivity index (χ0n) is 15.5. The van der Waals surface area contributed by atoms with Gasteiger partial charge in [0.2, 0.25) is 0 Å². The fourth-order valence-electron chi connectivity index (χ4n) is 2.71. The van der Waals surface area contributed by atoms with E-state index in [1.165, 1.54) is 11.1 Å². The largest absolute Gasteiger partial charge is 0.357 e. The highest BCUT2D eigenvalue weighted by Crippen LogP contribution is 2.18. The molecule has 1 aromatic carbocycles. The smallest absolute Gasteiger partial charge is 0.194 e. The summed E-state index contributed by atoms with van der Waals surface area (Å²) in [6.07, 6.45) is 2.10. The van der Waals surface area contributed by atoms with Crippen molar-refractivity contribution in [3.63, 3.8) is 0 Å². The van der Waals surface area contributed by atoms with Crippen LogP contribution in [-0.2, 0) is 20.1 Å². The Morgan fingerprint density at radius 2 is 2.00 bits per heavy atom. The lowest BCUT2D eigenvalue weighted by Gasteiger charge is -2.22. The summed E-state index contributed by atoms with van der Waals surface area (Å²) in [5.41, 5.74) is 3.62. The molecule has 0 aliphatic carbocycles. The summed E-state index contributed by atoms with van der Waals surface area (Å²) in [6.45, 7) is 8.78. The van der Waals surface area contributed by atoms with E-state index in [9.17, 15) is 0 Å². The molecule has 0 aliphatic heterocycles. The van der Waals surface area contributed by atoms with E-state index >= 15 is 0 Å². The third-order valence-corrected chi connectivity index (χ3v) is 3.84. The number of benzene rings is 1. The molecule has 2 rings (SSSR count). The fraction of sp³-hybridized carbons (Fsp3) is 0.474. The van der Waals surface area contributed by atoms with Gasteiger partial charge in [0.15, 0.2) is 5.96 Å². The SMILES string of the molecule is CCNC(=NCc1ccccc1)N(C)Cc1cn(C)nc1C(C)C. The van der Waals surface area contributed by atoms with E-state index in [4.69, 9.17) is 4.99 Å². The molecular formula is C19H29N5. The maximum absolute atomic E-state index is 4.77. The molecule has 0 aliphatic rings. The minimum absolute atomic E-state index is 0.415. The number of hydrogen-bond acceptors (Lipinski definition) is 2. The van der Waals surface area contributed by atoms with Gasteiger partial charge < -0.3 is 10.2 Å². The number of nitrogens with zero attached hydrogens (tertiary/aromatic N) is 4. The first kappa shape index (κ1) is 18.0. The van der Waals surface area contributed by atoms with Crippen molar-refractivity contribution in [1.82, 2.24) is 20.0 Å². The maximum Gasteiger partial charge on any atom is 0.194 e. The minimum atomic E-state index is 0.415. The van der Waals surface area contributed by atoms with E-state index in [2.05, 4.69) is 61.5 Å². The zero-order chi connectivity index (χ0) is 17.5. The predicted molar refractivity (Wildman–Crippen MR) is 100 cm³/mol. The molecular weight excluding hydrogens is 298 g/mol. The molecule has 0 bridgehead atoms. The van der Waals surface area contributed by atoms with Crippen LogP contribution in [0.4, 0.5) is 0 Å². The van der Waals surface area contributed by atoms with Crippen LogP contribution in [0.3, 0.4) is 0 Å². The predicted octanol–water partition coefficient (Wildman–Crippen LogP) is 3.14. The molecule has 0 fully saturated rings. The molecule has 1 N–H and O–H groups in total. The van der Waals surface area contributed by atoms with E-state index in [0.717, 1.165) is 24.7 Å².